The van der Waals surface area contributed by atoms with Crippen LogP contribution in [-0.4, -0.2) is 28.2 Å². The minimum absolute atomic E-state index is 0.0601. The Bertz CT molecular complexity index is 345. The summed E-state index contributed by atoms with van der Waals surface area (Å²) in [6.45, 7) is 0. The van der Waals surface area contributed by atoms with Gasteiger partial charge in [-0.05, 0) is 17.7 Å². The van der Waals surface area contributed by atoms with Gasteiger partial charge in [-0.25, -0.2) is 4.79 Å². The van der Waals surface area contributed by atoms with Crippen molar-refractivity contribution in [3.63, 3.8) is 0 Å². The topological polar surface area (TPSA) is 66.8 Å². The van der Waals surface area contributed by atoms with Crippen LogP contribution in [0.3, 0.4) is 0 Å². The third kappa shape index (κ3) is 3.14. The minimum atomic E-state index is -2.03. The Morgan fingerprint density at radius 1 is 1.47 bits per heavy atom. The van der Waals surface area contributed by atoms with E-state index in [1.165, 1.54) is 0 Å². The van der Waals surface area contributed by atoms with Crippen LogP contribution < -0.4 is 4.74 Å². The maximum Gasteiger partial charge on any atom is 0.346 e. The lowest BCUT2D eigenvalue weighted by Crippen LogP contribution is -2.34. The van der Waals surface area contributed by atoms with Gasteiger partial charge < -0.3 is 14.9 Å². The summed E-state index contributed by atoms with van der Waals surface area (Å²) in [5.74, 6) is -0.682. The SMILES string of the molecule is COc1ccc(CC(O)(S)C(=O)O)cc1. The standard InChI is InChI=1S/C10H12O4S/c1-14-8-4-2-7(3-5-8)6-10(13,15)9(11)12/h2-5,13,15H,6H2,1H3,(H,11,12). The summed E-state index contributed by atoms with van der Waals surface area (Å²) in [5, 5.41) is 18.1. The first-order valence-corrected chi connectivity index (χ1v) is 4.71. The van der Waals surface area contributed by atoms with Crippen LogP contribution in [-0.2, 0) is 11.2 Å². The van der Waals surface area contributed by atoms with E-state index < -0.39 is 10.9 Å². The van der Waals surface area contributed by atoms with Gasteiger partial charge in [0, 0.05) is 6.42 Å². The van der Waals surface area contributed by atoms with E-state index in [0.717, 1.165) is 0 Å². The summed E-state index contributed by atoms with van der Waals surface area (Å²) in [7, 11) is 1.54. The number of benzene rings is 1. The van der Waals surface area contributed by atoms with Crippen molar-refractivity contribution in [1.29, 1.82) is 0 Å². The second-order valence-corrected chi connectivity index (χ2v) is 3.89. The number of thiol groups is 1. The highest BCUT2D eigenvalue weighted by Gasteiger charge is 2.31. The van der Waals surface area contributed by atoms with Crippen LogP contribution in [0.4, 0.5) is 0 Å². The molecule has 0 spiro atoms. The van der Waals surface area contributed by atoms with E-state index in [0.29, 0.717) is 11.3 Å². The van der Waals surface area contributed by atoms with Crippen LogP contribution in [0.15, 0.2) is 24.3 Å². The molecule has 0 saturated heterocycles. The summed E-state index contributed by atoms with van der Waals surface area (Å²) in [6.07, 6.45) is -0.0601. The molecule has 0 saturated carbocycles. The van der Waals surface area contributed by atoms with Crippen molar-refractivity contribution in [3.8, 4) is 5.75 Å². The summed E-state index contributed by atoms with van der Waals surface area (Å²) in [5.41, 5.74) is 0.677. The third-order valence-corrected chi connectivity index (χ3v) is 2.30. The van der Waals surface area contributed by atoms with E-state index in [4.69, 9.17) is 9.84 Å². The van der Waals surface area contributed by atoms with E-state index in [-0.39, 0.29) is 6.42 Å². The van der Waals surface area contributed by atoms with Crippen molar-refractivity contribution < 1.29 is 19.7 Å². The molecule has 0 fully saturated rings. The zero-order valence-corrected chi connectivity index (χ0v) is 9.07. The summed E-state index contributed by atoms with van der Waals surface area (Å²) < 4.78 is 4.95. The fraction of sp³-hybridized carbons (Fsp3) is 0.300. The molecule has 0 amide bonds. The second kappa shape index (κ2) is 4.55. The average Bonchev–Trinajstić information content (AvgIpc) is 2.18. The zero-order valence-electron chi connectivity index (χ0n) is 8.17. The summed E-state index contributed by atoms with van der Waals surface area (Å²) in [4.78, 5) is 8.56. The molecule has 0 aromatic heterocycles. The van der Waals surface area contributed by atoms with Gasteiger partial charge in [0.05, 0.1) is 7.11 Å². The maximum atomic E-state index is 10.6. The molecule has 15 heavy (non-hydrogen) atoms. The highest BCUT2D eigenvalue weighted by molar-refractivity contribution is 7.82. The largest absolute Gasteiger partial charge is 0.497 e. The van der Waals surface area contributed by atoms with Crippen molar-refractivity contribution in [3.05, 3.63) is 29.8 Å². The molecule has 1 aromatic rings. The van der Waals surface area contributed by atoms with Crippen LogP contribution in [0.2, 0.25) is 0 Å². The lowest BCUT2D eigenvalue weighted by Gasteiger charge is -2.16. The molecule has 5 heteroatoms. The Balaban J connectivity index is 2.77. The second-order valence-electron chi connectivity index (χ2n) is 3.15. The molecule has 1 aromatic carbocycles. The van der Waals surface area contributed by atoms with Gasteiger partial charge >= 0.3 is 5.97 Å². The highest BCUT2D eigenvalue weighted by Crippen LogP contribution is 2.20. The molecule has 2 N–H and O–H groups in total. The molecular formula is C10H12O4S. The van der Waals surface area contributed by atoms with Crippen molar-refractivity contribution in [1.82, 2.24) is 0 Å². The van der Waals surface area contributed by atoms with Gasteiger partial charge in [0.15, 0.2) is 0 Å². The fourth-order valence-corrected chi connectivity index (χ4v) is 1.29. The Labute approximate surface area is 92.9 Å². The number of carboxylic acids is 1. The number of aliphatic carboxylic acids is 1. The molecule has 1 unspecified atom stereocenters. The van der Waals surface area contributed by atoms with Gasteiger partial charge in [-0.3, -0.25) is 0 Å². The number of methoxy groups -OCH3 is 1. The molecule has 0 bridgehead atoms. The van der Waals surface area contributed by atoms with Crippen LogP contribution in [0.25, 0.3) is 0 Å². The van der Waals surface area contributed by atoms with Gasteiger partial charge in [-0.1, -0.05) is 12.1 Å². The molecule has 0 aliphatic carbocycles. The van der Waals surface area contributed by atoms with Crippen LogP contribution in [0.1, 0.15) is 5.56 Å². The molecule has 0 aliphatic heterocycles. The molecule has 82 valence electrons. The van der Waals surface area contributed by atoms with Gasteiger partial charge in [0.1, 0.15) is 5.75 Å². The smallest absolute Gasteiger partial charge is 0.346 e. The van der Waals surface area contributed by atoms with Crippen LogP contribution >= 0.6 is 12.6 Å². The lowest BCUT2D eigenvalue weighted by molar-refractivity contribution is -0.149. The molecule has 1 rings (SSSR count). The summed E-state index contributed by atoms with van der Waals surface area (Å²) in [6, 6.07) is 6.76. The van der Waals surface area contributed by atoms with Crippen LogP contribution in [0.5, 0.6) is 5.75 Å². The molecule has 1 atom stereocenters. The Morgan fingerprint density at radius 3 is 2.40 bits per heavy atom. The molecule has 4 nitrogen and oxygen atoms in total. The first-order valence-electron chi connectivity index (χ1n) is 4.27. The molecule has 0 radical (unpaired) electrons. The van der Waals surface area contributed by atoms with E-state index >= 15 is 0 Å². The number of ether oxygens (including phenoxy) is 1. The number of carboxylic acid groups (broad SMARTS) is 1. The first-order chi connectivity index (χ1) is 6.95. The normalized spacial score (nSPS) is 14.3. The molecule has 0 aliphatic rings. The Kier molecular flexibility index (Phi) is 3.60. The Hall–Kier alpha value is -1.20. The number of hydrogen-bond donors (Lipinski definition) is 3. The maximum absolute atomic E-state index is 10.6. The van der Waals surface area contributed by atoms with Crippen LogP contribution in [0, 0.1) is 0 Å². The van der Waals surface area contributed by atoms with Gasteiger partial charge in [-0.2, -0.15) is 0 Å². The molecular weight excluding hydrogens is 216 g/mol. The van der Waals surface area contributed by atoms with Gasteiger partial charge in [-0.15, -0.1) is 12.6 Å². The van der Waals surface area contributed by atoms with Crippen molar-refractivity contribution in [2.24, 2.45) is 0 Å². The minimum Gasteiger partial charge on any atom is -0.497 e. The van der Waals surface area contributed by atoms with E-state index in [2.05, 4.69) is 12.6 Å². The number of aliphatic hydroxyl groups is 1. The quantitative estimate of drug-likeness (QED) is 0.530. The first kappa shape index (κ1) is 11.9. The highest BCUT2D eigenvalue weighted by atomic mass is 32.1. The van der Waals surface area contributed by atoms with E-state index in [1.54, 1.807) is 31.4 Å². The lowest BCUT2D eigenvalue weighted by atomic mass is 10.1. The number of rotatable bonds is 4. The average molecular weight is 228 g/mol. The van der Waals surface area contributed by atoms with Gasteiger partial charge in [0.2, 0.25) is 4.93 Å². The van der Waals surface area contributed by atoms with Crippen molar-refractivity contribution >= 4 is 18.6 Å². The number of carbonyl (C=O) groups is 1. The fourth-order valence-electron chi connectivity index (χ4n) is 1.10. The predicted molar refractivity (Wildman–Crippen MR) is 58.3 cm³/mol. The summed E-state index contributed by atoms with van der Waals surface area (Å²) >= 11 is 3.67. The van der Waals surface area contributed by atoms with E-state index in [9.17, 15) is 9.90 Å². The van der Waals surface area contributed by atoms with Gasteiger partial charge in [0.25, 0.3) is 0 Å². The van der Waals surface area contributed by atoms with Crippen molar-refractivity contribution in [2.75, 3.05) is 7.11 Å². The van der Waals surface area contributed by atoms with E-state index in [1.807, 2.05) is 0 Å². The third-order valence-electron chi connectivity index (χ3n) is 1.95. The monoisotopic (exact) mass is 228 g/mol. The zero-order chi connectivity index (χ0) is 11.5. The predicted octanol–water partition coefficient (Wildman–Crippen LogP) is 0.941. The van der Waals surface area contributed by atoms with Crippen molar-refractivity contribution in [2.45, 2.75) is 11.4 Å². The number of hydrogen-bond acceptors (Lipinski definition) is 4. The molecule has 0 heterocycles. The Morgan fingerprint density at radius 2 is 2.00 bits per heavy atom.